The van der Waals surface area contributed by atoms with E-state index in [4.69, 9.17) is 9.47 Å². The molecule has 0 amide bonds. The summed E-state index contributed by atoms with van der Waals surface area (Å²) >= 11 is 0. The first-order valence-corrected chi connectivity index (χ1v) is 7.01. The van der Waals surface area contributed by atoms with Crippen LogP contribution in [0.25, 0.3) is 0 Å². The maximum atomic E-state index is 11.6. The zero-order valence-corrected chi connectivity index (χ0v) is 12.4. The summed E-state index contributed by atoms with van der Waals surface area (Å²) in [4.78, 5) is 13.8. The van der Waals surface area contributed by atoms with E-state index in [9.17, 15) is 4.79 Å². The van der Waals surface area contributed by atoms with E-state index in [0.717, 1.165) is 25.9 Å². The molecule has 1 fully saturated rings. The second kappa shape index (κ2) is 6.85. The fourth-order valence-corrected chi connectivity index (χ4v) is 2.59. The minimum Gasteiger partial charge on any atom is -0.467 e. The number of hydrogen-bond donors (Lipinski definition) is 0. The van der Waals surface area contributed by atoms with Crippen molar-refractivity contribution in [3.63, 3.8) is 0 Å². The van der Waals surface area contributed by atoms with Crippen molar-refractivity contribution in [2.45, 2.75) is 32.0 Å². The maximum absolute atomic E-state index is 11.6. The highest BCUT2D eigenvalue weighted by molar-refractivity contribution is 5.74. The molecule has 2 rings (SSSR count). The molecule has 0 N–H and O–H groups in total. The van der Waals surface area contributed by atoms with Crippen LogP contribution in [0.2, 0.25) is 0 Å². The third-order valence-corrected chi connectivity index (χ3v) is 3.50. The van der Waals surface area contributed by atoms with E-state index in [1.54, 1.807) is 0 Å². The Morgan fingerprint density at radius 1 is 1.55 bits per heavy atom. The van der Waals surface area contributed by atoms with E-state index in [-0.39, 0.29) is 12.1 Å². The Bertz CT molecular complexity index is 447. The van der Waals surface area contributed by atoms with E-state index >= 15 is 0 Å². The molecule has 20 heavy (non-hydrogen) atoms. The summed E-state index contributed by atoms with van der Waals surface area (Å²) in [6.07, 6.45) is 5.60. The van der Waals surface area contributed by atoms with Gasteiger partial charge in [-0.2, -0.15) is 5.10 Å². The van der Waals surface area contributed by atoms with Crippen molar-refractivity contribution in [3.8, 4) is 0 Å². The molecule has 0 bridgehead atoms. The van der Waals surface area contributed by atoms with Crippen molar-refractivity contribution in [2.24, 2.45) is 7.05 Å². The molecule has 0 spiro atoms. The van der Waals surface area contributed by atoms with Crippen LogP contribution < -0.4 is 0 Å². The molecule has 0 aromatic carbocycles. The van der Waals surface area contributed by atoms with Crippen molar-refractivity contribution < 1.29 is 14.3 Å². The van der Waals surface area contributed by atoms with Gasteiger partial charge in [0.25, 0.3) is 0 Å². The Hall–Kier alpha value is -1.40. The maximum Gasteiger partial charge on any atom is 0.336 e. The number of hydrogen-bond acceptors (Lipinski definition) is 5. The van der Waals surface area contributed by atoms with Gasteiger partial charge in [-0.15, -0.1) is 0 Å². The van der Waals surface area contributed by atoms with Gasteiger partial charge in [0.2, 0.25) is 0 Å². The highest BCUT2D eigenvalue weighted by atomic mass is 16.6. The second-order valence-electron chi connectivity index (χ2n) is 5.34. The summed E-state index contributed by atoms with van der Waals surface area (Å²) < 4.78 is 12.2. The van der Waals surface area contributed by atoms with Gasteiger partial charge < -0.3 is 9.47 Å². The average molecular weight is 281 g/mol. The standard InChI is InChI=1S/C14H23N3O3/c1-11-8-17(10-13(20-11)14(18)19-3)6-4-5-12-7-15-16(2)9-12/h7,9,11,13H,4-6,8,10H2,1-3H3/t11-,13+/m1/s1. The Labute approximate surface area is 119 Å². The highest BCUT2D eigenvalue weighted by Crippen LogP contribution is 2.13. The van der Waals surface area contributed by atoms with Crippen molar-refractivity contribution in [1.29, 1.82) is 0 Å². The van der Waals surface area contributed by atoms with Gasteiger partial charge in [0, 0.05) is 26.3 Å². The molecule has 2 heterocycles. The molecule has 2 atom stereocenters. The van der Waals surface area contributed by atoms with Crippen LogP contribution in [0.15, 0.2) is 12.4 Å². The molecular weight excluding hydrogens is 258 g/mol. The number of carbonyl (C=O) groups is 1. The van der Waals surface area contributed by atoms with E-state index in [2.05, 4.69) is 10.00 Å². The normalized spacial score (nSPS) is 23.8. The third kappa shape index (κ3) is 4.05. The van der Waals surface area contributed by atoms with Crippen molar-refractivity contribution >= 4 is 5.97 Å². The minimum absolute atomic E-state index is 0.0613. The Morgan fingerprint density at radius 3 is 3.00 bits per heavy atom. The Kier molecular flexibility index (Phi) is 5.14. The lowest BCUT2D eigenvalue weighted by Crippen LogP contribution is -2.50. The first-order valence-electron chi connectivity index (χ1n) is 7.01. The number of esters is 1. The number of ether oxygens (including phenoxy) is 2. The molecule has 112 valence electrons. The molecule has 0 radical (unpaired) electrons. The summed E-state index contributed by atoms with van der Waals surface area (Å²) in [6, 6.07) is 0. The number of aryl methyl sites for hydroxylation is 2. The molecule has 1 aliphatic rings. The van der Waals surface area contributed by atoms with Crippen LogP contribution in [0.1, 0.15) is 18.9 Å². The van der Waals surface area contributed by atoms with Crippen molar-refractivity contribution in [1.82, 2.24) is 14.7 Å². The summed E-state index contributed by atoms with van der Waals surface area (Å²) in [6.45, 7) is 4.42. The summed E-state index contributed by atoms with van der Waals surface area (Å²) in [7, 11) is 3.33. The smallest absolute Gasteiger partial charge is 0.336 e. The molecule has 1 aliphatic heterocycles. The van der Waals surface area contributed by atoms with E-state index in [0.29, 0.717) is 6.54 Å². The SMILES string of the molecule is COC(=O)[C@@H]1CN(CCCc2cnn(C)c2)C[C@@H](C)O1. The van der Waals surface area contributed by atoms with Crippen LogP contribution in [-0.2, 0) is 27.7 Å². The first-order chi connectivity index (χ1) is 9.58. The van der Waals surface area contributed by atoms with Gasteiger partial charge in [0.15, 0.2) is 6.10 Å². The van der Waals surface area contributed by atoms with Crippen LogP contribution in [0, 0.1) is 0 Å². The van der Waals surface area contributed by atoms with Gasteiger partial charge in [-0.05, 0) is 31.9 Å². The van der Waals surface area contributed by atoms with Gasteiger partial charge >= 0.3 is 5.97 Å². The fourth-order valence-electron chi connectivity index (χ4n) is 2.59. The number of methoxy groups -OCH3 is 1. The molecule has 0 saturated carbocycles. The largest absolute Gasteiger partial charge is 0.467 e. The predicted octanol–water partition coefficient (Wildman–Crippen LogP) is 0.615. The molecule has 6 heteroatoms. The van der Waals surface area contributed by atoms with Gasteiger partial charge in [-0.25, -0.2) is 4.79 Å². The lowest BCUT2D eigenvalue weighted by Gasteiger charge is -2.35. The minimum atomic E-state index is -0.456. The topological polar surface area (TPSA) is 56.6 Å². The van der Waals surface area contributed by atoms with Gasteiger partial charge in [0.05, 0.1) is 19.4 Å². The number of aromatic nitrogens is 2. The Balaban J connectivity index is 1.78. The second-order valence-corrected chi connectivity index (χ2v) is 5.34. The first kappa shape index (κ1) is 15.0. The van der Waals surface area contributed by atoms with E-state index in [1.807, 2.05) is 31.0 Å². The highest BCUT2D eigenvalue weighted by Gasteiger charge is 2.30. The van der Waals surface area contributed by atoms with E-state index < -0.39 is 6.10 Å². The lowest BCUT2D eigenvalue weighted by molar-refractivity contribution is -0.166. The van der Waals surface area contributed by atoms with Crippen LogP contribution in [0.4, 0.5) is 0 Å². The van der Waals surface area contributed by atoms with Crippen molar-refractivity contribution in [2.75, 3.05) is 26.7 Å². The molecule has 1 saturated heterocycles. The van der Waals surface area contributed by atoms with Crippen LogP contribution in [-0.4, -0.2) is 59.6 Å². The number of rotatable bonds is 5. The molecule has 0 unspecified atom stereocenters. The van der Waals surface area contributed by atoms with E-state index in [1.165, 1.54) is 12.7 Å². The van der Waals surface area contributed by atoms with Crippen molar-refractivity contribution in [3.05, 3.63) is 18.0 Å². The monoisotopic (exact) mass is 281 g/mol. The fraction of sp³-hybridized carbons (Fsp3) is 0.714. The average Bonchev–Trinajstić information content (AvgIpc) is 2.83. The van der Waals surface area contributed by atoms with Gasteiger partial charge in [-0.3, -0.25) is 9.58 Å². The van der Waals surface area contributed by atoms with Gasteiger partial charge in [0.1, 0.15) is 0 Å². The summed E-state index contributed by atoms with van der Waals surface area (Å²) in [5, 5.41) is 4.16. The summed E-state index contributed by atoms with van der Waals surface area (Å²) in [5.41, 5.74) is 1.25. The molecular formula is C14H23N3O3. The molecule has 0 aliphatic carbocycles. The number of carbonyl (C=O) groups excluding carboxylic acids is 1. The quantitative estimate of drug-likeness (QED) is 0.740. The van der Waals surface area contributed by atoms with Crippen LogP contribution >= 0.6 is 0 Å². The molecule has 1 aromatic heterocycles. The lowest BCUT2D eigenvalue weighted by atomic mass is 10.1. The predicted molar refractivity (Wildman–Crippen MR) is 74.3 cm³/mol. The van der Waals surface area contributed by atoms with Crippen LogP contribution in [0.3, 0.4) is 0 Å². The zero-order chi connectivity index (χ0) is 14.5. The van der Waals surface area contributed by atoms with Crippen LogP contribution in [0.5, 0.6) is 0 Å². The molecule has 6 nitrogen and oxygen atoms in total. The third-order valence-electron chi connectivity index (χ3n) is 3.50. The molecule has 1 aromatic rings. The number of morpholine rings is 1. The Morgan fingerprint density at radius 2 is 2.35 bits per heavy atom. The van der Waals surface area contributed by atoms with Gasteiger partial charge in [-0.1, -0.05) is 0 Å². The number of nitrogens with zero attached hydrogens (tertiary/aromatic N) is 3. The summed E-state index contributed by atoms with van der Waals surface area (Å²) in [5.74, 6) is -0.284. The zero-order valence-electron chi connectivity index (χ0n) is 12.4.